The molecule has 4 atom stereocenters. The van der Waals surface area contributed by atoms with E-state index in [0.717, 1.165) is 33.0 Å². The minimum atomic E-state index is -1.14. The number of aromatic nitrogens is 7. The number of nitrogens with zero attached hydrogens (tertiary/aromatic N) is 7. The number of rotatable bonds is 5. The molecule has 6 rings (SSSR count). The molecule has 4 heterocycles. The summed E-state index contributed by atoms with van der Waals surface area (Å²) in [5.41, 5.74) is 1.97. The summed E-state index contributed by atoms with van der Waals surface area (Å²) < 4.78 is 38.0. The van der Waals surface area contributed by atoms with E-state index in [0.29, 0.717) is 5.82 Å². The molecule has 0 saturated carbocycles. The SMILES string of the molecule is Cc1nc2ccc(-n3ncnc3[C@H]3C[C@@H](n4cc(-c5cc(F)c(Cl)c(F)c5)nn4)[C@@H](O)[C@@H](CO)O3)cc2s1. The molecule has 1 aliphatic rings. The number of hydrogen-bond acceptors (Lipinski definition) is 9. The molecule has 0 unspecified atom stereocenters. The van der Waals surface area contributed by atoms with Crippen LogP contribution in [0.4, 0.5) is 8.78 Å². The number of thiazole rings is 1. The molecular weight excluding hydrogens is 540 g/mol. The summed E-state index contributed by atoms with van der Waals surface area (Å²) in [5, 5.41) is 33.7. The smallest absolute Gasteiger partial charge is 0.161 e. The van der Waals surface area contributed by atoms with Crippen molar-refractivity contribution in [2.45, 2.75) is 37.7 Å². The van der Waals surface area contributed by atoms with Gasteiger partial charge in [-0.1, -0.05) is 16.8 Å². The zero-order valence-corrected chi connectivity index (χ0v) is 21.3. The van der Waals surface area contributed by atoms with Crippen LogP contribution in [-0.4, -0.2) is 63.8 Å². The van der Waals surface area contributed by atoms with Crippen molar-refractivity contribution in [2.75, 3.05) is 6.61 Å². The highest BCUT2D eigenvalue weighted by Gasteiger charge is 2.41. The fourth-order valence-corrected chi connectivity index (χ4v) is 5.61. The summed E-state index contributed by atoms with van der Waals surface area (Å²) in [7, 11) is 0. The van der Waals surface area contributed by atoms with Gasteiger partial charge in [0.05, 0.1) is 39.8 Å². The lowest BCUT2D eigenvalue weighted by atomic mass is 9.95. The van der Waals surface area contributed by atoms with Crippen LogP contribution >= 0.6 is 22.9 Å². The predicted octanol–water partition coefficient (Wildman–Crippen LogP) is 3.80. The number of aliphatic hydroxyl groups excluding tert-OH is 2. The van der Waals surface area contributed by atoms with Gasteiger partial charge in [-0.05, 0) is 37.3 Å². The topological polar surface area (TPSA) is 124 Å². The van der Waals surface area contributed by atoms with Gasteiger partial charge in [-0.15, -0.1) is 16.4 Å². The summed E-state index contributed by atoms with van der Waals surface area (Å²) in [6.45, 7) is 1.49. The van der Waals surface area contributed by atoms with Crippen LogP contribution in [0.2, 0.25) is 5.02 Å². The largest absolute Gasteiger partial charge is 0.394 e. The van der Waals surface area contributed by atoms with Crippen LogP contribution in [0.1, 0.15) is 29.4 Å². The minimum Gasteiger partial charge on any atom is -0.394 e. The Labute approximate surface area is 223 Å². The van der Waals surface area contributed by atoms with Crippen LogP contribution < -0.4 is 0 Å². The number of halogens is 3. The van der Waals surface area contributed by atoms with Gasteiger partial charge in [0.1, 0.15) is 47.0 Å². The zero-order valence-electron chi connectivity index (χ0n) is 19.7. The van der Waals surface area contributed by atoms with Crippen molar-refractivity contribution in [2.24, 2.45) is 0 Å². The summed E-state index contributed by atoms with van der Waals surface area (Å²) in [6, 6.07) is 7.18. The molecule has 3 aromatic heterocycles. The van der Waals surface area contributed by atoms with Crippen LogP contribution in [0.25, 0.3) is 27.2 Å². The maximum absolute atomic E-state index is 14.0. The Morgan fingerprint density at radius 1 is 1.21 bits per heavy atom. The monoisotopic (exact) mass is 559 g/mol. The van der Waals surface area contributed by atoms with Gasteiger partial charge >= 0.3 is 0 Å². The molecule has 1 aliphatic heterocycles. The Hall–Kier alpha value is -3.36. The van der Waals surface area contributed by atoms with Crippen molar-refractivity contribution in [3.05, 3.63) is 70.3 Å². The number of hydrogen-bond donors (Lipinski definition) is 2. The standard InChI is InChI=1S/C24H20ClF2N7O3S/c1-11-30-16-3-2-13(6-21(16)38-11)34-24(28-10-29-34)19-7-18(23(36)20(9-35)37-19)33-8-17(31-32-33)12-4-14(26)22(25)15(27)5-12/h2-6,8,10,18-20,23,35-36H,7,9H2,1H3/t18-,19-,20-,23-/m1/s1. The average molecular weight is 560 g/mol. The number of benzene rings is 2. The quantitative estimate of drug-likeness (QED) is 0.312. The van der Waals surface area contributed by atoms with E-state index in [9.17, 15) is 19.0 Å². The molecule has 0 aliphatic carbocycles. The van der Waals surface area contributed by atoms with E-state index in [2.05, 4.69) is 25.4 Å². The van der Waals surface area contributed by atoms with E-state index in [1.807, 2.05) is 25.1 Å². The molecule has 10 nitrogen and oxygen atoms in total. The van der Waals surface area contributed by atoms with E-state index < -0.39 is 47.6 Å². The summed E-state index contributed by atoms with van der Waals surface area (Å²) in [5.74, 6) is -1.37. The second kappa shape index (κ2) is 9.75. The number of aliphatic hydroxyl groups is 2. The molecule has 0 spiro atoms. The summed E-state index contributed by atoms with van der Waals surface area (Å²) >= 11 is 7.16. The molecule has 14 heteroatoms. The van der Waals surface area contributed by atoms with Crippen molar-refractivity contribution in [3.63, 3.8) is 0 Å². The van der Waals surface area contributed by atoms with Crippen LogP contribution in [0.15, 0.2) is 42.9 Å². The molecule has 38 heavy (non-hydrogen) atoms. The third-order valence-corrected chi connectivity index (χ3v) is 7.76. The molecule has 1 saturated heterocycles. The fraction of sp³-hybridized carbons (Fsp3) is 0.292. The average Bonchev–Trinajstić information content (AvgIpc) is 3.65. The number of fused-ring (bicyclic) bond motifs is 1. The second-order valence-electron chi connectivity index (χ2n) is 8.89. The number of ether oxygens (including phenoxy) is 1. The predicted molar refractivity (Wildman–Crippen MR) is 134 cm³/mol. The maximum atomic E-state index is 14.0. The Bertz CT molecular complexity index is 1620. The molecule has 0 amide bonds. The van der Waals surface area contributed by atoms with Crippen LogP contribution in [0.5, 0.6) is 0 Å². The van der Waals surface area contributed by atoms with Crippen molar-refractivity contribution < 1.29 is 23.7 Å². The Morgan fingerprint density at radius 3 is 2.76 bits per heavy atom. The lowest BCUT2D eigenvalue weighted by molar-refractivity contribution is -0.161. The highest BCUT2D eigenvalue weighted by atomic mass is 35.5. The zero-order chi connectivity index (χ0) is 26.6. The minimum absolute atomic E-state index is 0.140. The van der Waals surface area contributed by atoms with Gasteiger partial charge in [0.2, 0.25) is 0 Å². The van der Waals surface area contributed by atoms with Crippen LogP contribution in [0, 0.1) is 18.6 Å². The van der Waals surface area contributed by atoms with Crippen molar-refractivity contribution in [1.82, 2.24) is 34.7 Å². The molecule has 0 bridgehead atoms. The normalized spacial score (nSPS) is 21.8. The van der Waals surface area contributed by atoms with E-state index >= 15 is 0 Å². The summed E-state index contributed by atoms with van der Waals surface area (Å²) in [6.07, 6.45) is 0.333. The van der Waals surface area contributed by atoms with Gasteiger partial charge < -0.3 is 14.9 Å². The van der Waals surface area contributed by atoms with E-state index in [4.69, 9.17) is 16.3 Å². The van der Waals surface area contributed by atoms with E-state index in [-0.39, 0.29) is 17.7 Å². The van der Waals surface area contributed by atoms with Gasteiger partial charge in [-0.2, -0.15) is 5.10 Å². The van der Waals surface area contributed by atoms with Gasteiger partial charge in [0.15, 0.2) is 5.82 Å². The lowest BCUT2D eigenvalue weighted by Gasteiger charge is -2.38. The van der Waals surface area contributed by atoms with Gasteiger partial charge in [-0.25, -0.2) is 28.1 Å². The van der Waals surface area contributed by atoms with Crippen LogP contribution in [-0.2, 0) is 4.74 Å². The highest BCUT2D eigenvalue weighted by molar-refractivity contribution is 7.18. The van der Waals surface area contributed by atoms with Gasteiger partial charge in [0.25, 0.3) is 0 Å². The molecule has 1 fully saturated rings. The first-order valence-corrected chi connectivity index (χ1v) is 12.8. The van der Waals surface area contributed by atoms with Crippen molar-refractivity contribution >= 4 is 33.2 Å². The van der Waals surface area contributed by atoms with Crippen LogP contribution in [0.3, 0.4) is 0 Å². The van der Waals surface area contributed by atoms with E-state index in [1.54, 1.807) is 16.0 Å². The number of aryl methyl sites for hydroxylation is 1. The third kappa shape index (κ3) is 4.35. The fourth-order valence-electron chi connectivity index (χ4n) is 4.64. The Kier molecular flexibility index (Phi) is 6.40. The molecular formula is C24H20ClF2N7O3S. The Balaban J connectivity index is 1.33. The molecule has 196 valence electrons. The van der Waals surface area contributed by atoms with Gasteiger partial charge in [-0.3, -0.25) is 0 Å². The molecule has 2 aromatic carbocycles. The first-order valence-electron chi connectivity index (χ1n) is 11.6. The highest BCUT2D eigenvalue weighted by Crippen LogP contribution is 2.38. The Morgan fingerprint density at radius 2 is 2.00 bits per heavy atom. The molecule has 5 aromatic rings. The third-order valence-electron chi connectivity index (χ3n) is 6.47. The van der Waals surface area contributed by atoms with Gasteiger partial charge in [0, 0.05) is 12.0 Å². The molecule has 0 radical (unpaired) electrons. The summed E-state index contributed by atoms with van der Waals surface area (Å²) in [4.78, 5) is 8.90. The lowest BCUT2D eigenvalue weighted by Crippen LogP contribution is -2.45. The molecule has 2 N–H and O–H groups in total. The van der Waals surface area contributed by atoms with E-state index in [1.165, 1.54) is 17.2 Å². The second-order valence-corrected chi connectivity index (χ2v) is 10.5. The van der Waals surface area contributed by atoms with Crippen molar-refractivity contribution in [3.8, 4) is 16.9 Å². The first kappa shape index (κ1) is 24.9. The first-order chi connectivity index (χ1) is 18.3. The van der Waals surface area contributed by atoms with Crippen molar-refractivity contribution in [1.29, 1.82) is 0 Å². The maximum Gasteiger partial charge on any atom is 0.161 e.